The molecular weight excluding hydrogens is 354 g/mol. The molecule has 0 saturated carbocycles. The molecule has 0 unspecified atom stereocenters. The van der Waals surface area contributed by atoms with Gasteiger partial charge >= 0.3 is 0 Å². The Bertz CT molecular complexity index is 876. The average Bonchev–Trinajstić information content (AvgIpc) is 3.07. The van der Waals surface area contributed by atoms with E-state index in [9.17, 15) is 0 Å². The monoisotopic (exact) mass is 381 g/mol. The van der Waals surface area contributed by atoms with Crippen molar-refractivity contribution < 1.29 is 9.47 Å². The highest BCUT2D eigenvalue weighted by Gasteiger charge is 2.25. The van der Waals surface area contributed by atoms with Crippen LogP contribution in [0, 0.1) is 0 Å². The lowest BCUT2D eigenvalue weighted by Gasteiger charge is -2.32. The van der Waals surface area contributed by atoms with Gasteiger partial charge in [-0.3, -0.25) is 0 Å². The first-order chi connectivity index (χ1) is 13.2. The van der Waals surface area contributed by atoms with E-state index >= 15 is 0 Å². The Labute approximate surface area is 165 Å². The van der Waals surface area contributed by atoms with Gasteiger partial charge in [-0.25, -0.2) is 0 Å². The van der Waals surface area contributed by atoms with Crippen molar-refractivity contribution in [2.45, 2.75) is 51.0 Å². The van der Waals surface area contributed by atoms with E-state index in [-0.39, 0.29) is 18.4 Å². The van der Waals surface area contributed by atoms with Gasteiger partial charge in [0.2, 0.25) is 0 Å². The van der Waals surface area contributed by atoms with Crippen LogP contribution in [0.25, 0.3) is 20.5 Å². The zero-order valence-corrected chi connectivity index (χ0v) is 16.6. The number of rotatable bonds is 6. The van der Waals surface area contributed by atoms with E-state index in [1.807, 2.05) is 18.3 Å². The van der Waals surface area contributed by atoms with Crippen molar-refractivity contribution in [2.75, 3.05) is 6.61 Å². The summed E-state index contributed by atoms with van der Waals surface area (Å²) in [5.41, 5.74) is 8.74. The molecule has 3 atom stereocenters. The van der Waals surface area contributed by atoms with Crippen LogP contribution in [0.4, 0.5) is 0 Å². The molecule has 2 N–H and O–H groups in total. The number of aryl methyl sites for hydroxylation is 1. The number of benzene rings is 2. The van der Waals surface area contributed by atoms with Gasteiger partial charge < -0.3 is 15.2 Å². The van der Waals surface area contributed by atoms with Crippen molar-refractivity contribution in [1.82, 2.24) is 0 Å². The van der Waals surface area contributed by atoms with Gasteiger partial charge in [-0.15, -0.1) is 11.3 Å². The minimum atomic E-state index is -0.104. The summed E-state index contributed by atoms with van der Waals surface area (Å²) in [6, 6.07) is 19.5. The molecule has 0 spiro atoms. The van der Waals surface area contributed by atoms with E-state index in [0.29, 0.717) is 6.61 Å². The van der Waals surface area contributed by atoms with Gasteiger partial charge in [0, 0.05) is 15.6 Å². The van der Waals surface area contributed by atoms with Crippen molar-refractivity contribution in [3.05, 3.63) is 60.2 Å². The molecule has 2 aromatic carbocycles. The number of thiophene rings is 1. The van der Waals surface area contributed by atoms with Crippen LogP contribution in [-0.4, -0.2) is 25.0 Å². The van der Waals surface area contributed by atoms with Gasteiger partial charge in [0.25, 0.3) is 0 Å². The summed E-state index contributed by atoms with van der Waals surface area (Å²) in [4.78, 5) is 1.38. The maximum atomic E-state index is 6.00. The molecular formula is C23H27NO2S. The van der Waals surface area contributed by atoms with Crippen molar-refractivity contribution in [2.24, 2.45) is 5.73 Å². The second-order valence-electron chi connectivity index (χ2n) is 7.26. The third kappa shape index (κ3) is 4.25. The molecule has 0 amide bonds. The summed E-state index contributed by atoms with van der Waals surface area (Å²) in [5.74, 6) is 0. The second-order valence-corrected chi connectivity index (χ2v) is 8.31. The zero-order valence-electron chi connectivity index (χ0n) is 15.8. The van der Waals surface area contributed by atoms with Crippen LogP contribution in [0.15, 0.2) is 54.6 Å². The number of hydrogen-bond donors (Lipinski definition) is 1. The van der Waals surface area contributed by atoms with E-state index in [0.717, 1.165) is 25.7 Å². The maximum absolute atomic E-state index is 6.00. The molecule has 0 aliphatic carbocycles. The Balaban J connectivity index is 1.44. The molecule has 4 rings (SSSR count). The summed E-state index contributed by atoms with van der Waals surface area (Å²) in [7, 11) is 0. The molecule has 1 aromatic heterocycles. The van der Waals surface area contributed by atoms with E-state index in [2.05, 4.69) is 54.6 Å². The van der Waals surface area contributed by atoms with Crippen LogP contribution in [-0.2, 0) is 15.9 Å². The van der Waals surface area contributed by atoms with Crippen LogP contribution in [0.1, 0.15) is 31.7 Å². The molecule has 1 aliphatic heterocycles. The summed E-state index contributed by atoms with van der Waals surface area (Å²) < 4.78 is 13.2. The highest BCUT2D eigenvalue weighted by atomic mass is 32.1. The highest BCUT2D eigenvalue weighted by molar-refractivity contribution is 7.22. The first-order valence-corrected chi connectivity index (χ1v) is 10.6. The van der Waals surface area contributed by atoms with Crippen LogP contribution in [0.2, 0.25) is 0 Å². The SMILES string of the molecule is C[C@@H]1O[C@@H](OCCCc2c(-c3ccccc3)sc3ccccc23)CC[C@@H]1N. The molecule has 3 aromatic rings. The van der Waals surface area contributed by atoms with Crippen molar-refractivity contribution >= 4 is 21.4 Å². The Morgan fingerprint density at radius 1 is 1.07 bits per heavy atom. The zero-order chi connectivity index (χ0) is 18.6. The fourth-order valence-electron chi connectivity index (χ4n) is 3.73. The number of ether oxygens (including phenoxy) is 2. The number of fused-ring (bicyclic) bond motifs is 1. The fourth-order valence-corrected chi connectivity index (χ4v) is 4.98. The number of nitrogens with two attached hydrogens (primary N) is 1. The molecule has 4 heteroatoms. The maximum Gasteiger partial charge on any atom is 0.158 e. The molecule has 1 aliphatic rings. The molecule has 0 bridgehead atoms. The van der Waals surface area contributed by atoms with Gasteiger partial charge in [-0.05, 0) is 55.2 Å². The normalized spacial score (nSPS) is 23.0. The summed E-state index contributed by atoms with van der Waals surface area (Å²) in [6.07, 6.45) is 3.83. The minimum Gasteiger partial charge on any atom is -0.353 e. The van der Waals surface area contributed by atoms with Gasteiger partial charge in [0.05, 0.1) is 12.7 Å². The molecule has 1 fully saturated rings. The predicted octanol–water partition coefficient (Wildman–Crippen LogP) is 5.37. The van der Waals surface area contributed by atoms with Gasteiger partial charge in [-0.1, -0.05) is 48.5 Å². The Morgan fingerprint density at radius 2 is 1.85 bits per heavy atom. The predicted molar refractivity (Wildman–Crippen MR) is 113 cm³/mol. The van der Waals surface area contributed by atoms with Gasteiger partial charge in [0.15, 0.2) is 6.29 Å². The van der Waals surface area contributed by atoms with Crippen LogP contribution < -0.4 is 5.73 Å². The van der Waals surface area contributed by atoms with Crippen molar-refractivity contribution in [3.8, 4) is 10.4 Å². The van der Waals surface area contributed by atoms with Crippen molar-refractivity contribution in [1.29, 1.82) is 0 Å². The smallest absolute Gasteiger partial charge is 0.158 e. The first-order valence-electron chi connectivity index (χ1n) is 9.81. The first kappa shape index (κ1) is 18.6. The minimum absolute atomic E-state index is 0.0780. The third-order valence-electron chi connectivity index (χ3n) is 5.31. The van der Waals surface area contributed by atoms with E-state index in [1.54, 1.807) is 0 Å². The van der Waals surface area contributed by atoms with Crippen LogP contribution >= 0.6 is 11.3 Å². The quantitative estimate of drug-likeness (QED) is 0.584. The standard InChI is InChI=1S/C23H27NO2S/c1-16-20(24)13-14-22(26-16)25-15-7-11-19-18-10-5-6-12-21(18)27-23(19)17-8-3-2-4-9-17/h2-6,8-10,12,16,20,22H,7,11,13-15,24H2,1H3/t16-,20-,22+/m0/s1. The molecule has 3 nitrogen and oxygen atoms in total. The van der Waals surface area contributed by atoms with Crippen LogP contribution in [0.3, 0.4) is 0 Å². The summed E-state index contributed by atoms with van der Waals surface area (Å²) in [5, 5.41) is 1.37. The van der Waals surface area contributed by atoms with Crippen molar-refractivity contribution in [3.63, 3.8) is 0 Å². The van der Waals surface area contributed by atoms with Gasteiger partial charge in [-0.2, -0.15) is 0 Å². The molecule has 1 saturated heterocycles. The lowest BCUT2D eigenvalue weighted by atomic mass is 10.0. The summed E-state index contributed by atoms with van der Waals surface area (Å²) >= 11 is 1.88. The number of hydrogen-bond acceptors (Lipinski definition) is 4. The average molecular weight is 382 g/mol. The lowest BCUT2D eigenvalue weighted by Crippen LogP contribution is -2.43. The second kappa shape index (κ2) is 8.53. The van der Waals surface area contributed by atoms with Gasteiger partial charge in [0.1, 0.15) is 0 Å². The highest BCUT2D eigenvalue weighted by Crippen LogP contribution is 2.39. The lowest BCUT2D eigenvalue weighted by molar-refractivity contribution is -0.194. The van der Waals surface area contributed by atoms with E-state index in [1.165, 1.54) is 26.1 Å². The molecule has 0 radical (unpaired) electrons. The Kier molecular flexibility index (Phi) is 5.89. The fraction of sp³-hybridized carbons (Fsp3) is 0.391. The third-order valence-corrected chi connectivity index (χ3v) is 6.58. The Morgan fingerprint density at radius 3 is 2.67 bits per heavy atom. The van der Waals surface area contributed by atoms with E-state index in [4.69, 9.17) is 15.2 Å². The van der Waals surface area contributed by atoms with E-state index < -0.39 is 0 Å². The van der Waals surface area contributed by atoms with Crippen LogP contribution in [0.5, 0.6) is 0 Å². The molecule has 142 valence electrons. The molecule has 27 heavy (non-hydrogen) atoms. The largest absolute Gasteiger partial charge is 0.353 e. The molecule has 2 heterocycles. The Hall–Kier alpha value is -1.72. The topological polar surface area (TPSA) is 44.5 Å². The summed E-state index contributed by atoms with van der Waals surface area (Å²) in [6.45, 7) is 2.74.